The number of anilines is 1. The van der Waals surface area contributed by atoms with E-state index in [9.17, 15) is 9.59 Å². The van der Waals surface area contributed by atoms with Gasteiger partial charge in [-0.1, -0.05) is 0 Å². The second-order valence-electron chi connectivity index (χ2n) is 6.15. The molecule has 0 aliphatic carbocycles. The van der Waals surface area contributed by atoms with Crippen LogP contribution in [0, 0.1) is 0 Å². The summed E-state index contributed by atoms with van der Waals surface area (Å²) < 4.78 is 22.2. The normalized spacial score (nSPS) is 10.5. The van der Waals surface area contributed by atoms with Crippen molar-refractivity contribution in [3.05, 3.63) is 46.8 Å². The highest BCUT2D eigenvalue weighted by molar-refractivity contribution is 7.21. The Labute approximate surface area is 178 Å². The van der Waals surface area contributed by atoms with Crippen molar-refractivity contribution >= 4 is 39.0 Å². The van der Waals surface area contributed by atoms with E-state index in [1.165, 1.54) is 25.6 Å². The molecule has 1 N–H and O–H groups in total. The van der Waals surface area contributed by atoms with Crippen LogP contribution in [0.25, 0.3) is 10.1 Å². The molecule has 0 fully saturated rings. The predicted molar refractivity (Wildman–Crippen MR) is 116 cm³/mol. The average Bonchev–Trinajstić information content (AvgIpc) is 3.12. The second-order valence-corrected chi connectivity index (χ2v) is 7.20. The molecule has 1 aromatic heterocycles. The van der Waals surface area contributed by atoms with Gasteiger partial charge in [0.15, 0.2) is 22.1 Å². The van der Waals surface area contributed by atoms with Gasteiger partial charge in [0, 0.05) is 21.3 Å². The van der Waals surface area contributed by atoms with E-state index < -0.39 is 5.97 Å². The van der Waals surface area contributed by atoms with Crippen molar-refractivity contribution < 1.29 is 28.5 Å². The van der Waals surface area contributed by atoms with Gasteiger partial charge in [0.25, 0.3) is 5.91 Å². The highest BCUT2D eigenvalue weighted by Gasteiger charge is 2.20. The number of rotatable bonds is 8. The molecule has 0 saturated carbocycles. The van der Waals surface area contributed by atoms with E-state index in [2.05, 4.69) is 5.32 Å². The van der Waals surface area contributed by atoms with Crippen LogP contribution in [0.15, 0.2) is 36.4 Å². The summed E-state index contributed by atoms with van der Waals surface area (Å²) in [6.07, 6.45) is 0. The molecular weight excluding hydrogens is 406 g/mol. The maximum absolute atomic E-state index is 12.8. The number of hydrogen-bond acceptors (Lipinski definition) is 7. The van der Waals surface area contributed by atoms with E-state index in [-0.39, 0.29) is 5.91 Å². The van der Waals surface area contributed by atoms with Gasteiger partial charge in [-0.15, -0.1) is 11.3 Å². The standard InChI is InChI=1S/C22H23NO6S/c1-5-28-16-9-7-13(11-17(16)29-6-2)21(24)23-14-8-10-18-15(12-14)19(26-3)20(30-18)22(25)27-4/h7-12H,5-6H2,1-4H3,(H,23,24). The van der Waals surface area contributed by atoms with Crippen LogP contribution in [-0.4, -0.2) is 39.3 Å². The maximum Gasteiger partial charge on any atom is 0.351 e. The smallest absolute Gasteiger partial charge is 0.351 e. The molecule has 7 nitrogen and oxygen atoms in total. The molecule has 3 aromatic rings. The van der Waals surface area contributed by atoms with Crippen LogP contribution in [0.3, 0.4) is 0 Å². The number of esters is 1. The zero-order valence-corrected chi connectivity index (χ0v) is 18.1. The molecule has 1 amide bonds. The first-order valence-electron chi connectivity index (χ1n) is 9.42. The number of nitrogens with one attached hydrogen (secondary N) is 1. The highest BCUT2D eigenvalue weighted by atomic mass is 32.1. The van der Waals surface area contributed by atoms with Crippen LogP contribution in [0.1, 0.15) is 33.9 Å². The van der Waals surface area contributed by atoms with Crippen LogP contribution in [0.4, 0.5) is 5.69 Å². The van der Waals surface area contributed by atoms with E-state index in [0.29, 0.717) is 46.6 Å². The summed E-state index contributed by atoms with van der Waals surface area (Å²) in [6.45, 7) is 4.72. The predicted octanol–water partition coefficient (Wildman–Crippen LogP) is 4.75. The SMILES string of the molecule is CCOc1ccc(C(=O)Nc2ccc3sc(C(=O)OC)c(OC)c3c2)cc1OCC. The molecule has 8 heteroatoms. The fourth-order valence-corrected chi connectivity index (χ4v) is 4.05. The van der Waals surface area contributed by atoms with Gasteiger partial charge in [-0.2, -0.15) is 0 Å². The number of ether oxygens (including phenoxy) is 4. The lowest BCUT2D eigenvalue weighted by atomic mass is 10.1. The van der Waals surface area contributed by atoms with E-state index >= 15 is 0 Å². The van der Waals surface area contributed by atoms with Crippen LogP contribution in [0.2, 0.25) is 0 Å². The van der Waals surface area contributed by atoms with Gasteiger partial charge >= 0.3 is 5.97 Å². The average molecular weight is 429 g/mol. The third kappa shape index (κ3) is 4.33. The molecule has 0 aliphatic heterocycles. The highest BCUT2D eigenvalue weighted by Crippen LogP contribution is 2.39. The third-order valence-electron chi connectivity index (χ3n) is 4.28. The summed E-state index contributed by atoms with van der Waals surface area (Å²) in [5, 5.41) is 3.60. The summed E-state index contributed by atoms with van der Waals surface area (Å²) in [6, 6.07) is 10.4. The molecule has 0 bridgehead atoms. The van der Waals surface area contributed by atoms with Crippen molar-refractivity contribution in [2.45, 2.75) is 13.8 Å². The number of thiophene rings is 1. The first-order chi connectivity index (χ1) is 14.5. The first-order valence-corrected chi connectivity index (χ1v) is 10.2. The summed E-state index contributed by atoms with van der Waals surface area (Å²) in [5.41, 5.74) is 1.02. The fraction of sp³-hybridized carbons (Fsp3) is 0.273. The zero-order chi connectivity index (χ0) is 21.7. The molecule has 158 valence electrons. The largest absolute Gasteiger partial charge is 0.494 e. The Morgan fingerprint density at radius 1 is 0.967 bits per heavy atom. The Morgan fingerprint density at radius 3 is 2.37 bits per heavy atom. The van der Waals surface area contributed by atoms with Gasteiger partial charge in [0.2, 0.25) is 0 Å². The molecule has 2 aromatic carbocycles. The maximum atomic E-state index is 12.8. The first kappa shape index (κ1) is 21.4. The molecule has 1 heterocycles. The zero-order valence-electron chi connectivity index (χ0n) is 17.2. The minimum Gasteiger partial charge on any atom is -0.494 e. The molecule has 30 heavy (non-hydrogen) atoms. The Kier molecular flexibility index (Phi) is 6.79. The van der Waals surface area contributed by atoms with Gasteiger partial charge in [0.05, 0.1) is 27.4 Å². The number of hydrogen-bond donors (Lipinski definition) is 1. The molecule has 0 saturated heterocycles. The molecule has 3 rings (SSSR count). The van der Waals surface area contributed by atoms with Gasteiger partial charge in [-0.05, 0) is 50.2 Å². The minimum absolute atomic E-state index is 0.291. The van der Waals surface area contributed by atoms with Gasteiger partial charge in [-0.25, -0.2) is 4.79 Å². The third-order valence-corrected chi connectivity index (χ3v) is 5.41. The molecule has 0 unspecified atom stereocenters. The lowest BCUT2D eigenvalue weighted by molar-refractivity contribution is 0.0603. The Morgan fingerprint density at radius 2 is 1.70 bits per heavy atom. The van der Waals surface area contributed by atoms with E-state index in [1.807, 2.05) is 19.9 Å². The number of fused-ring (bicyclic) bond motifs is 1. The molecule has 0 aliphatic rings. The molecule has 0 radical (unpaired) electrons. The fourth-order valence-electron chi connectivity index (χ4n) is 2.98. The van der Waals surface area contributed by atoms with E-state index in [0.717, 1.165) is 10.1 Å². The topological polar surface area (TPSA) is 83.1 Å². The van der Waals surface area contributed by atoms with Crippen molar-refractivity contribution in [2.75, 3.05) is 32.8 Å². The van der Waals surface area contributed by atoms with Crippen LogP contribution in [-0.2, 0) is 4.74 Å². The lowest BCUT2D eigenvalue weighted by Crippen LogP contribution is -2.12. The summed E-state index contributed by atoms with van der Waals surface area (Å²) in [7, 11) is 2.82. The number of benzene rings is 2. The van der Waals surface area contributed by atoms with Gasteiger partial charge in [-0.3, -0.25) is 4.79 Å². The van der Waals surface area contributed by atoms with Crippen LogP contribution < -0.4 is 19.5 Å². The van der Waals surface area contributed by atoms with Crippen molar-refractivity contribution in [2.24, 2.45) is 0 Å². The van der Waals surface area contributed by atoms with Gasteiger partial charge < -0.3 is 24.3 Å². The molecular formula is C22H23NO6S. The van der Waals surface area contributed by atoms with Crippen molar-refractivity contribution in [3.63, 3.8) is 0 Å². The monoisotopic (exact) mass is 429 g/mol. The minimum atomic E-state index is -0.462. The summed E-state index contributed by atoms with van der Waals surface area (Å²) >= 11 is 1.28. The quantitative estimate of drug-likeness (QED) is 0.521. The number of carbonyl (C=O) groups is 2. The summed E-state index contributed by atoms with van der Waals surface area (Å²) in [5.74, 6) is 0.787. The van der Waals surface area contributed by atoms with E-state index in [4.69, 9.17) is 18.9 Å². The van der Waals surface area contributed by atoms with Crippen LogP contribution >= 0.6 is 11.3 Å². The van der Waals surface area contributed by atoms with Gasteiger partial charge in [0.1, 0.15) is 0 Å². The summed E-state index contributed by atoms with van der Waals surface area (Å²) in [4.78, 5) is 25.1. The Balaban J connectivity index is 1.89. The van der Waals surface area contributed by atoms with Crippen molar-refractivity contribution in [1.29, 1.82) is 0 Å². The van der Waals surface area contributed by atoms with Crippen LogP contribution in [0.5, 0.6) is 17.2 Å². The Bertz CT molecular complexity index is 1070. The molecule has 0 atom stereocenters. The number of methoxy groups -OCH3 is 2. The van der Waals surface area contributed by atoms with Crippen molar-refractivity contribution in [3.8, 4) is 17.2 Å². The second kappa shape index (κ2) is 9.49. The molecule has 0 spiro atoms. The van der Waals surface area contributed by atoms with Crippen molar-refractivity contribution in [1.82, 2.24) is 0 Å². The Hall–Kier alpha value is -3.26. The number of amides is 1. The van der Waals surface area contributed by atoms with E-state index in [1.54, 1.807) is 30.3 Å². The lowest BCUT2D eigenvalue weighted by Gasteiger charge is -2.12. The number of carbonyl (C=O) groups excluding carboxylic acids is 2.